The van der Waals surface area contributed by atoms with Crippen molar-refractivity contribution in [2.24, 2.45) is 0 Å². The summed E-state index contributed by atoms with van der Waals surface area (Å²) in [5.41, 5.74) is 3.67. The first-order valence-corrected chi connectivity index (χ1v) is 7.36. The van der Waals surface area contributed by atoms with E-state index in [1.807, 2.05) is 23.3 Å². The van der Waals surface area contributed by atoms with Crippen molar-refractivity contribution in [3.63, 3.8) is 0 Å². The molecule has 6 nitrogen and oxygen atoms in total. The van der Waals surface area contributed by atoms with Crippen LogP contribution in [0.15, 0.2) is 25.2 Å². The highest BCUT2D eigenvalue weighted by atomic mass is 16.3. The van der Waals surface area contributed by atoms with Gasteiger partial charge in [-0.1, -0.05) is 6.58 Å². The number of rotatable bonds is 6. The van der Waals surface area contributed by atoms with Crippen molar-refractivity contribution in [2.45, 2.75) is 38.4 Å². The molecule has 0 amide bonds. The maximum Gasteiger partial charge on any atom is 0.0644 e. The predicted molar refractivity (Wildman–Crippen MR) is 80.4 cm³/mol. The van der Waals surface area contributed by atoms with Crippen molar-refractivity contribution in [3.05, 3.63) is 42.0 Å². The molecule has 1 unspecified atom stereocenters. The van der Waals surface area contributed by atoms with Gasteiger partial charge in [0, 0.05) is 41.8 Å². The Hall–Kier alpha value is -1.92. The lowest BCUT2D eigenvalue weighted by Crippen LogP contribution is -2.25. The van der Waals surface area contributed by atoms with E-state index in [2.05, 4.69) is 22.1 Å². The molecule has 21 heavy (non-hydrogen) atoms. The lowest BCUT2D eigenvalue weighted by atomic mass is 9.93. The molecule has 2 aromatic heterocycles. The molecular formula is C15H21N5O. The molecule has 0 radical (unpaired) electrons. The number of nitrogens with zero attached hydrogens (tertiary/aromatic N) is 4. The van der Waals surface area contributed by atoms with Gasteiger partial charge in [0.05, 0.1) is 25.5 Å². The summed E-state index contributed by atoms with van der Waals surface area (Å²) >= 11 is 0. The lowest BCUT2D eigenvalue weighted by molar-refractivity contribution is 0.266. The van der Waals surface area contributed by atoms with Gasteiger partial charge in [0.25, 0.3) is 0 Å². The second-order valence-corrected chi connectivity index (χ2v) is 5.33. The molecule has 1 aliphatic rings. The summed E-state index contributed by atoms with van der Waals surface area (Å²) in [4.78, 5) is 0. The summed E-state index contributed by atoms with van der Waals surface area (Å²) in [6.45, 7) is 5.18. The molecule has 112 valence electrons. The standard InChI is InChI=1S/C15H21N5O/c1-2-19-11-12(9-17-19)8-16-14-4-3-5-15-13(14)10-18-20(15)6-7-21/h2,9-11,14,16,21H,1,3-8H2. The lowest BCUT2D eigenvalue weighted by Gasteiger charge is -2.24. The zero-order chi connectivity index (χ0) is 14.7. The van der Waals surface area contributed by atoms with E-state index in [0.717, 1.165) is 31.4 Å². The number of nitrogens with one attached hydrogen (secondary N) is 1. The number of hydrogen-bond acceptors (Lipinski definition) is 4. The molecule has 0 spiro atoms. The molecule has 2 heterocycles. The summed E-state index contributed by atoms with van der Waals surface area (Å²) in [7, 11) is 0. The van der Waals surface area contributed by atoms with Crippen LogP contribution in [-0.4, -0.2) is 31.3 Å². The zero-order valence-corrected chi connectivity index (χ0v) is 12.1. The summed E-state index contributed by atoms with van der Waals surface area (Å²) in [5.74, 6) is 0. The average Bonchev–Trinajstić information content (AvgIpc) is 3.13. The van der Waals surface area contributed by atoms with E-state index < -0.39 is 0 Å². The van der Waals surface area contributed by atoms with E-state index in [1.54, 1.807) is 10.9 Å². The first-order chi connectivity index (χ1) is 10.3. The highest BCUT2D eigenvalue weighted by Gasteiger charge is 2.23. The van der Waals surface area contributed by atoms with Gasteiger partial charge in [0.1, 0.15) is 0 Å². The minimum absolute atomic E-state index is 0.132. The number of aliphatic hydroxyl groups is 1. The Labute approximate surface area is 124 Å². The second-order valence-electron chi connectivity index (χ2n) is 5.33. The molecule has 0 aromatic carbocycles. The van der Waals surface area contributed by atoms with E-state index >= 15 is 0 Å². The Balaban J connectivity index is 1.68. The fourth-order valence-electron chi connectivity index (χ4n) is 2.93. The third-order valence-electron chi connectivity index (χ3n) is 3.97. The Morgan fingerprint density at radius 3 is 3.10 bits per heavy atom. The van der Waals surface area contributed by atoms with Crippen molar-refractivity contribution in [1.82, 2.24) is 24.9 Å². The van der Waals surface area contributed by atoms with Gasteiger partial charge in [-0.05, 0) is 19.3 Å². The molecule has 1 aliphatic carbocycles. The maximum absolute atomic E-state index is 9.09. The van der Waals surface area contributed by atoms with Gasteiger partial charge in [0.15, 0.2) is 0 Å². The van der Waals surface area contributed by atoms with Crippen LogP contribution in [-0.2, 0) is 19.5 Å². The van der Waals surface area contributed by atoms with Crippen LogP contribution in [0.5, 0.6) is 0 Å². The summed E-state index contributed by atoms with van der Waals surface area (Å²) in [5, 5.41) is 21.3. The molecule has 0 aliphatic heterocycles. The van der Waals surface area contributed by atoms with Crippen LogP contribution in [0.25, 0.3) is 6.20 Å². The van der Waals surface area contributed by atoms with Gasteiger partial charge in [-0.2, -0.15) is 10.2 Å². The normalized spacial score (nSPS) is 17.7. The topological polar surface area (TPSA) is 67.9 Å². The average molecular weight is 287 g/mol. The van der Waals surface area contributed by atoms with Crippen molar-refractivity contribution in [1.29, 1.82) is 0 Å². The highest BCUT2D eigenvalue weighted by Crippen LogP contribution is 2.29. The summed E-state index contributed by atoms with van der Waals surface area (Å²) < 4.78 is 3.64. The third kappa shape index (κ3) is 2.91. The van der Waals surface area contributed by atoms with E-state index in [1.165, 1.54) is 11.3 Å². The molecule has 2 aromatic rings. The first kappa shape index (κ1) is 14.0. The molecule has 6 heteroatoms. The van der Waals surface area contributed by atoms with Crippen LogP contribution < -0.4 is 5.32 Å². The molecule has 2 N–H and O–H groups in total. The minimum Gasteiger partial charge on any atom is -0.394 e. The van der Waals surface area contributed by atoms with Gasteiger partial charge in [0.2, 0.25) is 0 Å². The molecule has 3 rings (SSSR count). The molecule has 0 bridgehead atoms. The largest absolute Gasteiger partial charge is 0.394 e. The Morgan fingerprint density at radius 2 is 2.33 bits per heavy atom. The summed E-state index contributed by atoms with van der Waals surface area (Å²) in [6, 6.07) is 0.327. The number of hydrogen-bond donors (Lipinski definition) is 2. The van der Waals surface area contributed by atoms with E-state index in [4.69, 9.17) is 5.11 Å². The van der Waals surface area contributed by atoms with Crippen molar-refractivity contribution in [3.8, 4) is 0 Å². The number of aliphatic hydroxyl groups excluding tert-OH is 1. The Morgan fingerprint density at radius 1 is 1.43 bits per heavy atom. The summed E-state index contributed by atoms with van der Waals surface area (Å²) in [6.07, 6.45) is 10.8. The van der Waals surface area contributed by atoms with Crippen LogP contribution in [0.4, 0.5) is 0 Å². The van der Waals surface area contributed by atoms with Crippen LogP contribution in [0.2, 0.25) is 0 Å². The van der Waals surface area contributed by atoms with Gasteiger partial charge in [-0.25, -0.2) is 4.68 Å². The van der Waals surface area contributed by atoms with Crippen LogP contribution in [0, 0.1) is 0 Å². The Kier molecular flexibility index (Phi) is 4.17. The van der Waals surface area contributed by atoms with Gasteiger partial charge in [-0.15, -0.1) is 0 Å². The molecule has 0 saturated carbocycles. The van der Waals surface area contributed by atoms with Crippen LogP contribution >= 0.6 is 0 Å². The monoisotopic (exact) mass is 287 g/mol. The zero-order valence-electron chi connectivity index (χ0n) is 12.1. The third-order valence-corrected chi connectivity index (χ3v) is 3.97. The second kappa shape index (κ2) is 6.24. The van der Waals surface area contributed by atoms with E-state index in [0.29, 0.717) is 12.6 Å². The maximum atomic E-state index is 9.09. The van der Waals surface area contributed by atoms with Crippen molar-refractivity contribution >= 4 is 6.20 Å². The van der Waals surface area contributed by atoms with Crippen molar-refractivity contribution in [2.75, 3.05) is 6.61 Å². The van der Waals surface area contributed by atoms with Crippen LogP contribution in [0.3, 0.4) is 0 Å². The quantitative estimate of drug-likeness (QED) is 0.841. The minimum atomic E-state index is 0.132. The van der Waals surface area contributed by atoms with E-state index in [9.17, 15) is 0 Å². The Bertz CT molecular complexity index is 615. The molecule has 0 saturated heterocycles. The number of fused-ring (bicyclic) bond motifs is 1. The molecule has 0 fully saturated rings. The SMILES string of the molecule is C=Cn1cc(CNC2CCCc3c2cnn3CCO)cn1. The molecule has 1 atom stereocenters. The highest BCUT2D eigenvalue weighted by molar-refractivity contribution is 5.25. The fraction of sp³-hybridized carbons (Fsp3) is 0.467. The van der Waals surface area contributed by atoms with Crippen LogP contribution in [0.1, 0.15) is 35.7 Å². The van der Waals surface area contributed by atoms with Gasteiger partial charge >= 0.3 is 0 Å². The van der Waals surface area contributed by atoms with Gasteiger partial charge < -0.3 is 10.4 Å². The smallest absolute Gasteiger partial charge is 0.0644 e. The van der Waals surface area contributed by atoms with E-state index in [-0.39, 0.29) is 6.61 Å². The molecular weight excluding hydrogens is 266 g/mol. The van der Waals surface area contributed by atoms with Gasteiger partial charge in [-0.3, -0.25) is 4.68 Å². The van der Waals surface area contributed by atoms with Crippen molar-refractivity contribution < 1.29 is 5.11 Å². The fourth-order valence-corrected chi connectivity index (χ4v) is 2.93. The number of aromatic nitrogens is 4. The predicted octanol–water partition coefficient (Wildman–Crippen LogP) is 1.34. The first-order valence-electron chi connectivity index (χ1n) is 7.36.